The number of aryl methyl sites for hydroxylation is 1. The third kappa shape index (κ3) is 1.95. The molecule has 0 atom stereocenters. The van der Waals surface area contributed by atoms with Crippen molar-refractivity contribution in [1.82, 2.24) is 10.2 Å². The number of carbonyl (C=O) groups excluding carboxylic acids is 1. The van der Waals surface area contributed by atoms with Gasteiger partial charge in [-0.05, 0) is 18.1 Å². The van der Waals surface area contributed by atoms with Crippen molar-refractivity contribution in [3.8, 4) is 0 Å². The van der Waals surface area contributed by atoms with Crippen molar-refractivity contribution in [2.75, 3.05) is 5.73 Å². The minimum absolute atomic E-state index is 0.0134. The Morgan fingerprint density at radius 2 is 2.19 bits per heavy atom. The Balaban J connectivity index is 2.21. The number of nitrogen functional groups attached to an aromatic ring is 1. The smallest absolute Gasteiger partial charge is 0.172 e. The Kier molecular flexibility index (Phi) is 2.72. The molecule has 0 aliphatic carbocycles. The van der Waals surface area contributed by atoms with Crippen LogP contribution < -0.4 is 5.73 Å². The number of nitrogens with one attached hydrogen (secondary N) is 1. The van der Waals surface area contributed by atoms with Crippen LogP contribution in [0.5, 0.6) is 0 Å². The van der Waals surface area contributed by atoms with E-state index >= 15 is 0 Å². The van der Waals surface area contributed by atoms with Crippen LogP contribution in [0.4, 0.5) is 5.82 Å². The first-order chi connectivity index (χ1) is 7.68. The minimum atomic E-state index is -0.0134. The molecule has 2 rings (SSSR count). The van der Waals surface area contributed by atoms with Crippen LogP contribution in [0.2, 0.25) is 0 Å². The SMILES string of the molecule is Cc1ccccc1CC(=O)c1cn[nH]c1N. The molecule has 0 aliphatic rings. The number of carbonyl (C=O) groups is 1. The molecule has 4 nitrogen and oxygen atoms in total. The van der Waals surface area contributed by atoms with Gasteiger partial charge in [-0.3, -0.25) is 9.89 Å². The molecule has 2 aromatic rings. The van der Waals surface area contributed by atoms with Gasteiger partial charge in [0.25, 0.3) is 0 Å². The lowest BCUT2D eigenvalue weighted by atomic mass is 10.0. The summed E-state index contributed by atoms with van der Waals surface area (Å²) in [6.45, 7) is 1.99. The highest BCUT2D eigenvalue weighted by Gasteiger charge is 2.12. The number of nitrogens with zero attached hydrogens (tertiary/aromatic N) is 1. The van der Waals surface area contributed by atoms with Crippen molar-refractivity contribution in [2.45, 2.75) is 13.3 Å². The van der Waals surface area contributed by atoms with Gasteiger partial charge < -0.3 is 5.73 Å². The maximum absolute atomic E-state index is 11.9. The fourth-order valence-electron chi connectivity index (χ4n) is 1.59. The van der Waals surface area contributed by atoms with E-state index in [0.717, 1.165) is 11.1 Å². The number of Topliss-reactive ketones (excluding diaryl/α,β-unsaturated/α-hetero) is 1. The van der Waals surface area contributed by atoms with Gasteiger partial charge in [-0.1, -0.05) is 24.3 Å². The zero-order chi connectivity index (χ0) is 11.5. The summed E-state index contributed by atoms with van der Waals surface area (Å²) in [5, 5.41) is 6.29. The van der Waals surface area contributed by atoms with Crippen molar-refractivity contribution in [3.63, 3.8) is 0 Å². The number of aromatic nitrogens is 2. The summed E-state index contributed by atoms with van der Waals surface area (Å²) in [5.41, 5.74) is 8.19. The zero-order valence-electron chi connectivity index (χ0n) is 9.03. The standard InChI is InChI=1S/C12H13N3O/c1-8-4-2-3-5-9(8)6-11(16)10-7-14-15-12(10)13/h2-5,7H,6H2,1H3,(H3,13,14,15). The lowest BCUT2D eigenvalue weighted by molar-refractivity contribution is 0.0993. The van der Waals surface area contributed by atoms with E-state index in [4.69, 9.17) is 5.73 Å². The number of hydrogen-bond donors (Lipinski definition) is 2. The number of anilines is 1. The van der Waals surface area contributed by atoms with Gasteiger partial charge in [0.1, 0.15) is 5.82 Å². The summed E-state index contributed by atoms with van der Waals surface area (Å²) in [6, 6.07) is 7.81. The second kappa shape index (κ2) is 4.18. The summed E-state index contributed by atoms with van der Waals surface area (Å²) in [4.78, 5) is 11.9. The average molecular weight is 215 g/mol. The van der Waals surface area contributed by atoms with Gasteiger partial charge in [0, 0.05) is 6.42 Å². The molecule has 0 aliphatic heterocycles. The number of rotatable bonds is 3. The molecule has 16 heavy (non-hydrogen) atoms. The Labute approximate surface area is 93.5 Å². The fraction of sp³-hybridized carbons (Fsp3) is 0.167. The first-order valence-corrected chi connectivity index (χ1v) is 5.05. The van der Waals surface area contributed by atoms with Gasteiger partial charge in [0.15, 0.2) is 5.78 Å². The number of nitrogens with two attached hydrogens (primary N) is 1. The molecule has 0 spiro atoms. The number of hydrogen-bond acceptors (Lipinski definition) is 3. The Morgan fingerprint density at radius 3 is 2.81 bits per heavy atom. The van der Waals surface area contributed by atoms with Crippen LogP contribution in [0.1, 0.15) is 21.5 Å². The van der Waals surface area contributed by atoms with Crippen LogP contribution in [0.25, 0.3) is 0 Å². The summed E-state index contributed by atoms with van der Waals surface area (Å²) in [7, 11) is 0. The normalized spacial score (nSPS) is 10.3. The second-order valence-electron chi connectivity index (χ2n) is 3.72. The van der Waals surface area contributed by atoms with Crippen LogP contribution in [0.3, 0.4) is 0 Å². The number of ketones is 1. The molecule has 1 aromatic carbocycles. The highest BCUT2D eigenvalue weighted by molar-refractivity contribution is 6.01. The van der Waals surface area contributed by atoms with Crippen LogP contribution >= 0.6 is 0 Å². The maximum Gasteiger partial charge on any atom is 0.172 e. The Morgan fingerprint density at radius 1 is 1.44 bits per heavy atom. The third-order valence-electron chi connectivity index (χ3n) is 2.58. The predicted molar refractivity (Wildman–Crippen MR) is 62.2 cm³/mol. The van der Waals surface area contributed by atoms with E-state index in [9.17, 15) is 4.79 Å². The van der Waals surface area contributed by atoms with Gasteiger partial charge in [-0.25, -0.2) is 0 Å². The van der Waals surface area contributed by atoms with E-state index in [1.807, 2.05) is 31.2 Å². The molecule has 0 saturated heterocycles. The van der Waals surface area contributed by atoms with Gasteiger partial charge in [0.2, 0.25) is 0 Å². The fourth-order valence-corrected chi connectivity index (χ4v) is 1.59. The van der Waals surface area contributed by atoms with E-state index in [1.54, 1.807) is 0 Å². The molecule has 0 saturated carbocycles. The van der Waals surface area contributed by atoms with E-state index in [2.05, 4.69) is 10.2 Å². The minimum Gasteiger partial charge on any atom is -0.383 e. The molecule has 0 bridgehead atoms. The van der Waals surface area contributed by atoms with Gasteiger partial charge in [0.05, 0.1) is 11.8 Å². The van der Waals surface area contributed by atoms with Crippen molar-refractivity contribution in [2.24, 2.45) is 0 Å². The second-order valence-corrected chi connectivity index (χ2v) is 3.72. The quantitative estimate of drug-likeness (QED) is 0.766. The molecule has 0 fully saturated rings. The molecule has 0 unspecified atom stereocenters. The van der Waals surface area contributed by atoms with Crippen molar-refractivity contribution < 1.29 is 4.79 Å². The zero-order valence-corrected chi connectivity index (χ0v) is 9.03. The molecule has 1 aromatic heterocycles. The van der Waals surface area contributed by atoms with Crippen LogP contribution in [0.15, 0.2) is 30.5 Å². The van der Waals surface area contributed by atoms with E-state index in [1.165, 1.54) is 6.20 Å². The Bertz CT molecular complexity index is 516. The van der Waals surface area contributed by atoms with Gasteiger partial charge in [-0.2, -0.15) is 5.10 Å². The molecule has 4 heteroatoms. The van der Waals surface area contributed by atoms with E-state index in [0.29, 0.717) is 17.8 Å². The summed E-state index contributed by atoms with van der Waals surface area (Å²) >= 11 is 0. The Hall–Kier alpha value is -2.10. The average Bonchev–Trinajstić information content (AvgIpc) is 2.68. The third-order valence-corrected chi connectivity index (χ3v) is 2.58. The number of aromatic amines is 1. The molecule has 3 N–H and O–H groups in total. The van der Waals surface area contributed by atoms with E-state index < -0.39 is 0 Å². The summed E-state index contributed by atoms with van der Waals surface area (Å²) in [6.07, 6.45) is 1.83. The first-order valence-electron chi connectivity index (χ1n) is 5.05. The number of H-pyrrole nitrogens is 1. The lowest BCUT2D eigenvalue weighted by Crippen LogP contribution is -2.06. The number of benzene rings is 1. The molecular weight excluding hydrogens is 202 g/mol. The highest BCUT2D eigenvalue weighted by atomic mass is 16.1. The van der Waals surface area contributed by atoms with Crippen molar-refractivity contribution >= 4 is 11.6 Å². The van der Waals surface area contributed by atoms with Crippen molar-refractivity contribution in [1.29, 1.82) is 0 Å². The summed E-state index contributed by atoms with van der Waals surface area (Å²) in [5.74, 6) is 0.319. The lowest BCUT2D eigenvalue weighted by Gasteiger charge is -2.03. The van der Waals surface area contributed by atoms with Crippen LogP contribution in [0, 0.1) is 6.92 Å². The molecule has 0 radical (unpaired) electrons. The monoisotopic (exact) mass is 215 g/mol. The van der Waals surface area contributed by atoms with Crippen LogP contribution in [-0.4, -0.2) is 16.0 Å². The molecule has 0 amide bonds. The molecular formula is C12H13N3O. The van der Waals surface area contributed by atoms with Crippen LogP contribution in [-0.2, 0) is 6.42 Å². The van der Waals surface area contributed by atoms with E-state index in [-0.39, 0.29) is 5.78 Å². The van der Waals surface area contributed by atoms with Crippen molar-refractivity contribution in [3.05, 3.63) is 47.2 Å². The topological polar surface area (TPSA) is 71.8 Å². The predicted octanol–water partition coefficient (Wildman–Crippen LogP) is 1.73. The van der Waals surface area contributed by atoms with Gasteiger partial charge in [-0.15, -0.1) is 0 Å². The first kappa shape index (κ1) is 10.4. The summed E-state index contributed by atoms with van der Waals surface area (Å²) < 4.78 is 0. The molecule has 1 heterocycles. The largest absolute Gasteiger partial charge is 0.383 e. The highest BCUT2D eigenvalue weighted by Crippen LogP contribution is 2.14. The van der Waals surface area contributed by atoms with Gasteiger partial charge >= 0.3 is 0 Å². The maximum atomic E-state index is 11.9. The molecule has 82 valence electrons.